The first-order valence-electron chi connectivity index (χ1n) is 10.7. The van der Waals surface area contributed by atoms with Crippen LogP contribution in [0.2, 0.25) is 0 Å². The molecule has 1 unspecified atom stereocenters. The second kappa shape index (κ2) is 8.74. The highest BCUT2D eigenvalue weighted by molar-refractivity contribution is 5.65. The van der Waals surface area contributed by atoms with Crippen molar-refractivity contribution in [1.29, 1.82) is 0 Å². The van der Waals surface area contributed by atoms with Gasteiger partial charge in [0.1, 0.15) is 5.82 Å². The third kappa shape index (κ3) is 5.30. The quantitative estimate of drug-likeness (QED) is 0.663. The Bertz CT molecular complexity index is 831. The van der Waals surface area contributed by atoms with Gasteiger partial charge in [0.2, 0.25) is 0 Å². The third-order valence-corrected chi connectivity index (χ3v) is 5.86. The van der Waals surface area contributed by atoms with Gasteiger partial charge in [-0.15, -0.1) is 0 Å². The lowest BCUT2D eigenvalue weighted by Crippen LogP contribution is -2.37. The van der Waals surface area contributed by atoms with Gasteiger partial charge in [0.05, 0.1) is 0 Å². The molecule has 0 amide bonds. The fourth-order valence-electron chi connectivity index (χ4n) is 4.31. The minimum atomic E-state index is -0.143. The van der Waals surface area contributed by atoms with Crippen molar-refractivity contribution in [1.82, 2.24) is 5.32 Å². The molecule has 0 spiro atoms. The van der Waals surface area contributed by atoms with Gasteiger partial charge in [-0.2, -0.15) is 0 Å². The molecule has 0 saturated heterocycles. The molecular formula is C25H36FN3. The number of rotatable bonds is 6. The maximum atomic E-state index is 13.8. The maximum Gasteiger partial charge on any atom is 0.123 e. The molecule has 0 radical (unpaired) electrons. The van der Waals surface area contributed by atoms with E-state index in [4.69, 9.17) is 0 Å². The molecule has 0 fully saturated rings. The van der Waals surface area contributed by atoms with Crippen LogP contribution in [-0.4, -0.2) is 26.7 Å². The molecule has 0 aromatic heterocycles. The predicted octanol–water partition coefficient (Wildman–Crippen LogP) is 5.61. The van der Waals surface area contributed by atoms with Crippen molar-refractivity contribution in [2.24, 2.45) is 5.41 Å². The largest absolute Gasteiger partial charge is 0.385 e. The second-order valence-corrected chi connectivity index (χ2v) is 9.67. The zero-order valence-corrected chi connectivity index (χ0v) is 18.8. The Labute approximate surface area is 175 Å². The summed E-state index contributed by atoms with van der Waals surface area (Å²) in [4.78, 5) is 2.43. The molecule has 1 atom stereocenters. The smallest absolute Gasteiger partial charge is 0.123 e. The number of hydrogen-bond acceptors (Lipinski definition) is 3. The van der Waals surface area contributed by atoms with Crippen LogP contribution in [0.4, 0.5) is 15.8 Å². The Kier molecular flexibility index (Phi) is 6.52. The fraction of sp³-hybridized carbons (Fsp3) is 0.520. The summed E-state index contributed by atoms with van der Waals surface area (Å²) in [5, 5.41) is 6.93. The van der Waals surface area contributed by atoms with Crippen molar-refractivity contribution in [3.8, 4) is 0 Å². The molecule has 0 saturated carbocycles. The number of nitrogens with one attached hydrogen (secondary N) is 2. The van der Waals surface area contributed by atoms with E-state index in [1.165, 1.54) is 28.1 Å². The first-order valence-corrected chi connectivity index (χ1v) is 10.7. The molecule has 0 aliphatic carbocycles. The van der Waals surface area contributed by atoms with Crippen molar-refractivity contribution in [3.63, 3.8) is 0 Å². The molecule has 1 aliphatic heterocycles. The summed E-state index contributed by atoms with van der Waals surface area (Å²) >= 11 is 0. The van der Waals surface area contributed by atoms with Crippen molar-refractivity contribution in [3.05, 3.63) is 58.4 Å². The Morgan fingerprint density at radius 3 is 2.41 bits per heavy atom. The summed E-state index contributed by atoms with van der Waals surface area (Å²) in [5.41, 5.74) is 7.76. The van der Waals surface area contributed by atoms with E-state index in [1.54, 1.807) is 12.1 Å². The lowest BCUT2D eigenvalue weighted by molar-refractivity contribution is 0.389. The van der Waals surface area contributed by atoms with Crippen LogP contribution < -0.4 is 15.5 Å². The molecule has 2 aromatic rings. The topological polar surface area (TPSA) is 27.3 Å². The number of halogens is 1. The molecule has 4 heteroatoms. The first kappa shape index (κ1) is 21.6. The maximum absolute atomic E-state index is 13.8. The molecule has 0 bridgehead atoms. The van der Waals surface area contributed by atoms with E-state index in [2.05, 4.69) is 62.3 Å². The molecule has 29 heavy (non-hydrogen) atoms. The first-order chi connectivity index (χ1) is 13.7. The summed E-state index contributed by atoms with van der Waals surface area (Å²) in [6.07, 6.45) is 1.14. The zero-order chi connectivity index (χ0) is 21.2. The molecule has 1 heterocycles. The van der Waals surface area contributed by atoms with E-state index in [-0.39, 0.29) is 11.7 Å². The van der Waals surface area contributed by atoms with Gasteiger partial charge < -0.3 is 15.5 Å². The minimum absolute atomic E-state index is 0.143. The Hall–Kier alpha value is -2.07. The lowest BCUT2D eigenvalue weighted by Gasteiger charge is -2.37. The predicted molar refractivity (Wildman–Crippen MR) is 123 cm³/mol. The van der Waals surface area contributed by atoms with E-state index in [1.807, 2.05) is 13.1 Å². The van der Waals surface area contributed by atoms with Crippen LogP contribution in [0.15, 0.2) is 30.3 Å². The van der Waals surface area contributed by atoms with Crippen LogP contribution in [0, 0.1) is 25.1 Å². The second-order valence-electron chi connectivity index (χ2n) is 9.67. The lowest BCUT2D eigenvalue weighted by atomic mass is 9.89. The summed E-state index contributed by atoms with van der Waals surface area (Å²) in [6.45, 7) is 14.8. The molecule has 2 aromatic carbocycles. The van der Waals surface area contributed by atoms with Gasteiger partial charge in [0.25, 0.3) is 0 Å². The Morgan fingerprint density at radius 1 is 1.10 bits per heavy atom. The minimum Gasteiger partial charge on any atom is -0.385 e. The van der Waals surface area contributed by atoms with Crippen LogP contribution in [0.1, 0.15) is 55.4 Å². The zero-order valence-electron chi connectivity index (χ0n) is 18.8. The summed E-state index contributed by atoms with van der Waals surface area (Å²) in [5.74, 6) is 0.139. The number of benzene rings is 2. The van der Waals surface area contributed by atoms with Crippen LogP contribution in [0.25, 0.3) is 0 Å². The highest BCUT2D eigenvalue weighted by atomic mass is 19.1. The van der Waals surface area contributed by atoms with Gasteiger partial charge in [0, 0.05) is 43.5 Å². The van der Waals surface area contributed by atoms with Gasteiger partial charge in [-0.1, -0.05) is 26.8 Å². The summed E-state index contributed by atoms with van der Waals surface area (Å²) < 4.78 is 13.8. The third-order valence-electron chi connectivity index (χ3n) is 5.86. The monoisotopic (exact) mass is 397 g/mol. The van der Waals surface area contributed by atoms with E-state index in [0.29, 0.717) is 5.41 Å². The number of hydrogen-bond donors (Lipinski definition) is 2. The van der Waals surface area contributed by atoms with E-state index in [0.717, 1.165) is 38.2 Å². The Morgan fingerprint density at radius 2 is 1.79 bits per heavy atom. The van der Waals surface area contributed by atoms with E-state index in [9.17, 15) is 4.39 Å². The summed E-state index contributed by atoms with van der Waals surface area (Å²) in [6, 6.07) is 9.82. The van der Waals surface area contributed by atoms with Crippen molar-refractivity contribution in [2.75, 3.05) is 36.9 Å². The van der Waals surface area contributed by atoms with Crippen molar-refractivity contribution in [2.45, 2.75) is 53.5 Å². The van der Waals surface area contributed by atoms with Gasteiger partial charge in [0.15, 0.2) is 0 Å². The summed E-state index contributed by atoms with van der Waals surface area (Å²) in [7, 11) is 1.96. The number of anilines is 2. The van der Waals surface area contributed by atoms with Crippen LogP contribution in [-0.2, 0) is 6.54 Å². The average Bonchev–Trinajstić information content (AvgIpc) is 2.63. The molecule has 3 rings (SSSR count). The highest BCUT2D eigenvalue weighted by Crippen LogP contribution is 2.34. The van der Waals surface area contributed by atoms with Crippen molar-refractivity contribution >= 4 is 11.4 Å². The van der Waals surface area contributed by atoms with Gasteiger partial charge in [-0.25, -0.2) is 4.39 Å². The number of fused-ring (bicyclic) bond motifs is 1. The molecular weight excluding hydrogens is 361 g/mol. The Balaban J connectivity index is 1.82. The SMILES string of the molecule is CNCC1CN(c2cc(C)c(NCCC(C)(C)C)c(C)c2)Cc2ccc(F)cc21. The molecule has 158 valence electrons. The van der Waals surface area contributed by atoms with Crippen LogP contribution in [0.3, 0.4) is 0 Å². The number of likely N-dealkylation sites (N-methyl/N-ethyl adjacent to an activating group) is 1. The van der Waals surface area contributed by atoms with E-state index < -0.39 is 0 Å². The van der Waals surface area contributed by atoms with Crippen LogP contribution >= 0.6 is 0 Å². The number of aryl methyl sites for hydroxylation is 2. The normalized spacial score (nSPS) is 16.7. The molecule has 1 aliphatic rings. The van der Waals surface area contributed by atoms with Gasteiger partial charge >= 0.3 is 0 Å². The number of nitrogens with zero attached hydrogens (tertiary/aromatic N) is 1. The average molecular weight is 398 g/mol. The van der Waals surface area contributed by atoms with Gasteiger partial charge in [-0.3, -0.25) is 0 Å². The van der Waals surface area contributed by atoms with Gasteiger partial charge in [-0.05, 0) is 79.3 Å². The fourth-order valence-corrected chi connectivity index (χ4v) is 4.31. The standard InChI is InChI=1S/C25H36FN3/c1-17-11-22(12-18(2)24(17)28-10-9-25(3,4)5)29-15-19-7-8-21(26)13-23(19)20(16-29)14-27-6/h7-8,11-13,20,27-28H,9-10,14-16H2,1-6H3. The van der Waals surface area contributed by atoms with Crippen molar-refractivity contribution < 1.29 is 4.39 Å². The molecule has 3 nitrogen and oxygen atoms in total. The highest BCUT2D eigenvalue weighted by Gasteiger charge is 2.26. The molecule has 2 N–H and O–H groups in total. The van der Waals surface area contributed by atoms with E-state index >= 15 is 0 Å². The van der Waals surface area contributed by atoms with Crippen LogP contribution in [0.5, 0.6) is 0 Å².